The number of hydrogen-bond acceptors (Lipinski definition) is 5. The highest BCUT2D eigenvalue weighted by atomic mass is 35.5. The van der Waals surface area contributed by atoms with Crippen LogP contribution in [-0.2, 0) is 16.1 Å². The Bertz CT molecular complexity index is 673. The lowest BCUT2D eigenvalue weighted by Crippen LogP contribution is -2.08. The van der Waals surface area contributed by atoms with Crippen LogP contribution in [0.15, 0.2) is 42.1 Å². The summed E-state index contributed by atoms with van der Waals surface area (Å²) in [6.45, 7) is 6.44. The number of hydrogen-bond donors (Lipinski definition) is 0. The van der Waals surface area contributed by atoms with Crippen molar-refractivity contribution in [3.8, 4) is 11.4 Å². The Kier molecular flexibility index (Phi) is 6.03. The predicted molar refractivity (Wildman–Crippen MR) is 88.0 cm³/mol. The summed E-state index contributed by atoms with van der Waals surface area (Å²) < 4.78 is 6.81. The summed E-state index contributed by atoms with van der Waals surface area (Å²) >= 11 is 7.31. The molecular weight excluding hydrogens is 322 g/mol. The molecule has 0 N–H and O–H groups in total. The molecule has 0 fully saturated rings. The number of halogens is 1. The number of carbonyl (C=O) groups is 1. The van der Waals surface area contributed by atoms with Crippen LogP contribution >= 0.6 is 23.4 Å². The Morgan fingerprint density at radius 3 is 3.00 bits per heavy atom. The van der Waals surface area contributed by atoms with Crippen LogP contribution in [0.4, 0.5) is 0 Å². The van der Waals surface area contributed by atoms with Gasteiger partial charge in [0, 0.05) is 17.1 Å². The van der Waals surface area contributed by atoms with Crippen molar-refractivity contribution in [2.45, 2.75) is 18.6 Å². The maximum absolute atomic E-state index is 11.5. The lowest BCUT2D eigenvalue weighted by atomic mass is 10.2. The van der Waals surface area contributed by atoms with E-state index in [-0.39, 0.29) is 11.7 Å². The van der Waals surface area contributed by atoms with E-state index in [0.717, 1.165) is 5.56 Å². The Morgan fingerprint density at radius 1 is 1.50 bits per heavy atom. The van der Waals surface area contributed by atoms with Crippen LogP contribution in [0.3, 0.4) is 0 Å². The van der Waals surface area contributed by atoms with Gasteiger partial charge in [0.15, 0.2) is 11.0 Å². The first kappa shape index (κ1) is 16.6. The van der Waals surface area contributed by atoms with E-state index in [4.69, 9.17) is 16.3 Å². The number of benzene rings is 1. The van der Waals surface area contributed by atoms with Crippen molar-refractivity contribution in [1.82, 2.24) is 14.8 Å². The van der Waals surface area contributed by atoms with Gasteiger partial charge in [-0.2, -0.15) is 0 Å². The molecule has 22 heavy (non-hydrogen) atoms. The highest BCUT2D eigenvalue weighted by Gasteiger charge is 2.15. The van der Waals surface area contributed by atoms with Gasteiger partial charge in [-0.05, 0) is 19.1 Å². The van der Waals surface area contributed by atoms with Crippen molar-refractivity contribution in [2.24, 2.45) is 0 Å². The van der Waals surface area contributed by atoms with Gasteiger partial charge in [-0.25, -0.2) is 0 Å². The average molecular weight is 338 g/mol. The second-order valence-corrected chi connectivity index (χ2v) is 5.69. The van der Waals surface area contributed by atoms with Gasteiger partial charge in [0.05, 0.1) is 12.4 Å². The highest BCUT2D eigenvalue weighted by Crippen LogP contribution is 2.25. The Hall–Kier alpha value is -1.79. The third kappa shape index (κ3) is 4.11. The first-order valence-corrected chi connectivity index (χ1v) is 8.10. The van der Waals surface area contributed by atoms with Crippen LogP contribution in [0, 0.1) is 0 Å². The quantitative estimate of drug-likeness (QED) is 0.440. The van der Waals surface area contributed by atoms with Gasteiger partial charge in [-0.15, -0.1) is 16.8 Å². The van der Waals surface area contributed by atoms with Gasteiger partial charge in [-0.1, -0.05) is 41.6 Å². The second-order valence-electron chi connectivity index (χ2n) is 4.31. The van der Waals surface area contributed by atoms with Crippen molar-refractivity contribution in [3.05, 3.63) is 41.9 Å². The SMILES string of the molecule is C=CCn1c(SCC(=O)OCC)nnc1-c1cccc(Cl)c1. The molecule has 0 atom stereocenters. The molecule has 2 rings (SSSR count). The monoisotopic (exact) mass is 337 g/mol. The van der Waals surface area contributed by atoms with E-state index < -0.39 is 0 Å². The second kappa shape index (κ2) is 8.00. The minimum absolute atomic E-state index is 0.193. The van der Waals surface area contributed by atoms with Gasteiger partial charge in [0.1, 0.15) is 0 Å². The first-order chi connectivity index (χ1) is 10.7. The smallest absolute Gasteiger partial charge is 0.316 e. The molecule has 0 aliphatic heterocycles. The molecule has 1 aromatic carbocycles. The third-order valence-electron chi connectivity index (χ3n) is 2.74. The zero-order valence-electron chi connectivity index (χ0n) is 12.2. The summed E-state index contributed by atoms with van der Waals surface area (Å²) in [5.74, 6) is 0.609. The predicted octanol–water partition coefficient (Wildman–Crippen LogP) is 3.44. The number of thioether (sulfide) groups is 1. The zero-order chi connectivity index (χ0) is 15.9. The normalized spacial score (nSPS) is 10.5. The highest BCUT2D eigenvalue weighted by molar-refractivity contribution is 7.99. The van der Waals surface area contributed by atoms with Gasteiger partial charge in [-0.3, -0.25) is 9.36 Å². The standard InChI is InChI=1S/C15H16ClN3O2S/c1-3-8-19-14(11-6-5-7-12(16)9-11)17-18-15(19)22-10-13(20)21-4-2/h3,5-7,9H,1,4,8,10H2,2H3. The van der Waals surface area contributed by atoms with Crippen LogP contribution < -0.4 is 0 Å². The summed E-state index contributed by atoms with van der Waals surface area (Å²) in [7, 11) is 0. The summed E-state index contributed by atoms with van der Waals surface area (Å²) in [5.41, 5.74) is 0.866. The molecule has 0 aliphatic rings. The molecular formula is C15H16ClN3O2S. The molecule has 7 heteroatoms. The average Bonchev–Trinajstić information content (AvgIpc) is 2.89. The lowest BCUT2D eigenvalue weighted by Gasteiger charge is -2.07. The number of esters is 1. The van der Waals surface area contributed by atoms with Crippen molar-refractivity contribution >= 4 is 29.3 Å². The fourth-order valence-corrected chi connectivity index (χ4v) is 2.79. The van der Waals surface area contributed by atoms with Crippen LogP contribution in [0.1, 0.15) is 6.92 Å². The molecule has 0 radical (unpaired) electrons. The molecule has 0 saturated heterocycles. The van der Waals surface area contributed by atoms with Crippen molar-refractivity contribution < 1.29 is 9.53 Å². The number of rotatable bonds is 7. The number of carbonyl (C=O) groups excluding carboxylic acids is 1. The van der Waals surface area contributed by atoms with Crippen LogP contribution in [0.5, 0.6) is 0 Å². The molecule has 0 bridgehead atoms. The maximum Gasteiger partial charge on any atom is 0.316 e. The largest absolute Gasteiger partial charge is 0.465 e. The number of ether oxygens (including phenoxy) is 1. The molecule has 0 spiro atoms. The molecule has 0 aliphatic carbocycles. The van der Waals surface area contributed by atoms with Gasteiger partial charge in [0.25, 0.3) is 0 Å². The van der Waals surface area contributed by atoms with E-state index in [1.807, 2.05) is 22.8 Å². The van der Waals surface area contributed by atoms with E-state index in [9.17, 15) is 4.79 Å². The van der Waals surface area contributed by atoms with Crippen molar-refractivity contribution in [3.63, 3.8) is 0 Å². The molecule has 116 valence electrons. The molecule has 2 aromatic rings. The minimum Gasteiger partial charge on any atom is -0.465 e. The third-order valence-corrected chi connectivity index (χ3v) is 3.91. The number of nitrogens with zero attached hydrogens (tertiary/aromatic N) is 3. The van der Waals surface area contributed by atoms with Crippen LogP contribution in [0.2, 0.25) is 5.02 Å². The minimum atomic E-state index is -0.273. The molecule has 0 amide bonds. The van der Waals surface area contributed by atoms with Crippen molar-refractivity contribution in [1.29, 1.82) is 0 Å². The fourth-order valence-electron chi connectivity index (χ4n) is 1.86. The number of aromatic nitrogens is 3. The van der Waals surface area contributed by atoms with E-state index in [0.29, 0.717) is 29.2 Å². The summed E-state index contributed by atoms with van der Waals surface area (Å²) in [4.78, 5) is 11.5. The summed E-state index contributed by atoms with van der Waals surface area (Å²) in [6.07, 6.45) is 1.76. The summed E-state index contributed by atoms with van der Waals surface area (Å²) in [5, 5.41) is 9.63. The molecule has 0 saturated carbocycles. The molecule has 1 aromatic heterocycles. The van der Waals surface area contributed by atoms with Crippen LogP contribution in [-0.4, -0.2) is 33.1 Å². The van der Waals surface area contributed by atoms with E-state index in [1.165, 1.54) is 11.8 Å². The van der Waals surface area contributed by atoms with Gasteiger partial charge < -0.3 is 4.74 Å². The summed E-state index contributed by atoms with van der Waals surface area (Å²) in [6, 6.07) is 7.39. The van der Waals surface area contributed by atoms with E-state index in [1.54, 1.807) is 19.1 Å². The Labute approximate surface area is 138 Å². The zero-order valence-corrected chi connectivity index (χ0v) is 13.7. The lowest BCUT2D eigenvalue weighted by molar-refractivity contribution is -0.139. The molecule has 0 unspecified atom stereocenters. The van der Waals surface area contributed by atoms with E-state index in [2.05, 4.69) is 16.8 Å². The van der Waals surface area contributed by atoms with Crippen molar-refractivity contribution in [2.75, 3.05) is 12.4 Å². The molecule has 5 nitrogen and oxygen atoms in total. The molecule has 1 heterocycles. The fraction of sp³-hybridized carbons (Fsp3) is 0.267. The number of allylic oxidation sites excluding steroid dienone is 1. The van der Waals surface area contributed by atoms with Gasteiger partial charge in [0.2, 0.25) is 0 Å². The Balaban J connectivity index is 2.25. The van der Waals surface area contributed by atoms with Gasteiger partial charge >= 0.3 is 5.97 Å². The maximum atomic E-state index is 11.5. The first-order valence-electron chi connectivity index (χ1n) is 6.74. The van der Waals surface area contributed by atoms with E-state index >= 15 is 0 Å². The topological polar surface area (TPSA) is 57.0 Å². The van der Waals surface area contributed by atoms with Crippen LogP contribution in [0.25, 0.3) is 11.4 Å². The Morgan fingerprint density at radius 2 is 2.32 bits per heavy atom.